The molecule has 0 fully saturated rings. The van der Waals surface area contributed by atoms with Gasteiger partial charge in [0.1, 0.15) is 11.8 Å². The molecule has 0 heterocycles. The molecule has 0 saturated heterocycles. The highest BCUT2D eigenvalue weighted by molar-refractivity contribution is 6.42. The van der Waals surface area contributed by atoms with E-state index in [-0.39, 0.29) is 25.0 Å². The number of nitrogens with zero attached hydrogens (tertiary/aromatic N) is 1. The van der Waals surface area contributed by atoms with Crippen LogP contribution in [0.25, 0.3) is 0 Å². The van der Waals surface area contributed by atoms with Gasteiger partial charge in [0, 0.05) is 20.0 Å². The zero-order valence-corrected chi connectivity index (χ0v) is 21.0. The highest BCUT2D eigenvalue weighted by Crippen LogP contribution is 2.25. The Balaban J connectivity index is 1.91. The molecule has 3 aromatic rings. The van der Waals surface area contributed by atoms with Crippen molar-refractivity contribution in [2.75, 3.05) is 13.7 Å². The predicted octanol–water partition coefficient (Wildman–Crippen LogP) is 5.38. The molecule has 0 aliphatic rings. The Morgan fingerprint density at radius 2 is 1.68 bits per heavy atom. The lowest BCUT2D eigenvalue weighted by atomic mass is 10.0. The van der Waals surface area contributed by atoms with Crippen molar-refractivity contribution < 1.29 is 14.3 Å². The molecule has 0 aliphatic carbocycles. The molecular weight excluding hydrogens is 471 g/mol. The zero-order chi connectivity index (χ0) is 24.7. The van der Waals surface area contributed by atoms with Crippen LogP contribution < -0.4 is 10.1 Å². The maximum absolute atomic E-state index is 13.5. The van der Waals surface area contributed by atoms with E-state index in [0.717, 1.165) is 22.3 Å². The molecule has 7 heteroatoms. The number of nitrogens with one attached hydrogen (secondary N) is 1. The van der Waals surface area contributed by atoms with Crippen LogP contribution in [0.2, 0.25) is 10.0 Å². The van der Waals surface area contributed by atoms with E-state index in [9.17, 15) is 9.59 Å². The minimum atomic E-state index is -0.739. The summed E-state index contributed by atoms with van der Waals surface area (Å²) < 4.78 is 5.88. The molecular formula is C27H28Cl2N2O3. The predicted molar refractivity (Wildman–Crippen MR) is 136 cm³/mol. The topological polar surface area (TPSA) is 58.6 Å². The first-order chi connectivity index (χ1) is 16.3. The number of hydrogen-bond donors (Lipinski definition) is 1. The lowest BCUT2D eigenvalue weighted by Gasteiger charge is -2.31. The molecule has 1 atom stereocenters. The molecule has 0 unspecified atom stereocenters. The second-order valence-corrected chi connectivity index (χ2v) is 8.96. The van der Waals surface area contributed by atoms with Gasteiger partial charge in [0.25, 0.3) is 5.91 Å². The Morgan fingerprint density at radius 3 is 2.35 bits per heavy atom. The van der Waals surface area contributed by atoms with Crippen LogP contribution in [0.5, 0.6) is 5.75 Å². The average Bonchev–Trinajstić information content (AvgIpc) is 2.84. The van der Waals surface area contributed by atoms with E-state index in [0.29, 0.717) is 22.2 Å². The lowest BCUT2D eigenvalue weighted by Crippen LogP contribution is -2.51. The number of aryl methyl sites for hydroxylation is 2. The van der Waals surface area contributed by atoms with Crippen LogP contribution in [0.1, 0.15) is 22.3 Å². The molecule has 3 rings (SSSR count). The number of benzene rings is 3. The molecule has 0 bridgehead atoms. The maximum Gasteiger partial charge on any atom is 0.261 e. The van der Waals surface area contributed by atoms with Crippen molar-refractivity contribution in [3.63, 3.8) is 0 Å². The third kappa shape index (κ3) is 6.75. The van der Waals surface area contributed by atoms with Gasteiger partial charge in [-0.05, 0) is 54.3 Å². The Hall–Kier alpha value is -3.02. The van der Waals surface area contributed by atoms with Gasteiger partial charge in [-0.25, -0.2) is 0 Å². The molecule has 3 aromatic carbocycles. The van der Waals surface area contributed by atoms with Crippen LogP contribution in [-0.4, -0.2) is 36.4 Å². The van der Waals surface area contributed by atoms with Gasteiger partial charge < -0.3 is 15.0 Å². The van der Waals surface area contributed by atoms with E-state index in [2.05, 4.69) is 5.32 Å². The van der Waals surface area contributed by atoms with Gasteiger partial charge in [-0.15, -0.1) is 0 Å². The first-order valence-electron chi connectivity index (χ1n) is 11.0. The van der Waals surface area contributed by atoms with Crippen molar-refractivity contribution in [1.82, 2.24) is 10.2 Å². The summed E-state index contributed by atoms with van der Waals surface area (Å²) in [4.78, 5) is 28.0. The smallest absolute Gasteiger partial charge is 0.261 e. The van der Waals surface area contributed by atoms with E-state index < -0.39 is 6.04 Å². The molecule has 5 nitrogen and oxygen atoms in total. The summed E-state index contributed by atoms with van der Waals surface area (Å²) in [5.74, 6) is 0.0721. The summed E-state index contributed by atoms with van der Waals surface area (Å²) in [5, 5.41) is 3.51. The van der Waals surface area contributed by atoms with Crippen molar-refractivity contribution >= 4 is 35.0 Å². The highest BCUT2D eigenvalue weighted by atomic mass is 35.5. The second kappa shape index (κ2) is 11.9. The SMILES string of the molecule is CNC(=O)[C@H](Cc1ccccc1)N(Cc1ccc(Cl)c(Cl)c1)C(=O)COc1cc(C)ccc1C. The molecule has 0 saturated carbocycles. The first kappa shape index (κ1) is 25.6. The van der Waals surface area contributed by atoms with Crippen molar-refractivity contribution in [1.29, 1.82) is 0 Å². The Bertz CT molecular complexity index is 1150. The van der Waals surface area contributed by atoms with E-state index in [1.54, 1.807) is 25.2 Å². The molecule has 0 spiro atoms. The number of ether oxygens (including phenoxy) is 1. The fourth-order valence-corrected chi connectivity index (χ4v) is 3.96. The van der Waals surface area contributed by atoms with Gasteiger partial charge in [0.2, 0.25) is 5.91 Å². The van der Waals surface area contributed by atoms with Crippen LogP contribution >= 0.6 is 23.2 Å². The van der Waals surface area contributed by atoms with Gasteiger partial charge >= 0.3 is 0 Å². The monoisotopic (exact) mass is 498 g/mol. The fourth-order valence-electron chi connectivity index (χ4n) is 3.64. The summed E-state index contributed by atoms with van der Waals surface area (Å²) in [6.45, 7) is 3.87. The molecule has 34 heavy (non-hydrogen) atoms. The number of amides is 2. The first-order valence-corrected chi connectivity index (χ1v) is 11.7. The van der Waals surface area contributed by atoms with E-state index >= 15 is 0 Å². The molecule has 2 amide bonds. The number of halogens is 2. The normalized spacial score (nSPS) is 11.6. The van der Waals surface area contributed by atoms with Gasteiger partial charge in [-0.3, -0.25) is 9.59 Å². The van der Waals surface area contributed by atoms with E-state index in [4.69, 9.17) is 27.9 Å². The van der Waals surface area contributed by atoms with Crippen molar-refractivity contribution in [3.05, 3.63) is 99.0 Å². The fraction of sp³-hybridized carbons (Fsp3) is 0.259. The standard InChI is InChI=1S/C27H28Cl2N2O3/c1-18-9-10-19(2)25(13-18)34-17-26(32)31(16-21-11-12-22(28)23(29)14-21)24(27(33)30-3)15-20-7-5-4-6-8-20/h4-14,24H,15-17H2,1-3H3,(H,30,33)/t24-/m0/s1. The van der Waals surface area contributed by atoms with Gasteiger partial charge in [-0.2, -0.15) is 0 Å². The Morgan fingerprint density at radius 1 is 0.941 bits per heavy atom. The second-order valence-electron chi connectivity index (χ2n) is 8.15. The van der Waals surface area contributed by atoms with E-state index in [1.165, 1.54) is 4.90 Å². The molecule has 1 N–H and O–H groups in total. The van der Waals surface area contributed by atoms with Crippen LogP contribution in [0.3, 0.4) is 0 Å². The maximum atomic E-state index is 13.5. The summed E-state index contributed by atoms with van der Waals surface area (Å²) in [5.41, 5.74) is 3.67. The highest BCUT2D eigenvalue weighted by Gasteiger charge is 2.30. The number of hydrogen-bond acceptors (Lipinski definition) is 3. The molecule has 0 aliphatic heterocycles. The quantitative estimate of drug-likeness (QED) is 0.431. The largest absolute Gasteiger partial charge is 0.483 e. The van der Waals surface area contributed by atoms with Crippen molar-refractivity contribution in [2.45, 2.75) is 32.9 Å². The average molecular weight is 499 g/mol. The third-order valence-electron chi connectivity index (χ3n) is 5.55. The third-order valence-corrected chi connectivity index (χ3v) is 6.29. The minimum absolute atomic E-state index is 0.177. The molecule has 178 valence electrons. The van der Waals surface area contributed by atoms with Crippen LogP contribution in [-0.2, 0) is 22.6 Å². The molecule has 0 aromatic heterocycles. The summed E-state index contributed by atoms with van der Waals surface area (Å²) in [6.07, 6.45) is 0.358. The Labute approximate surface area is 210 Å². The van der Waals surface area contributed by atoms with Crippen LogP contribution in [0, 0.1) is 13.8 Å². The number of carbonyl (C=O) groups excluding carboxylic acids is 2. The van der Waals surface area contributed by atoms with Crippen molar-refractivity contribution in [3.8, 4) is 5.75 Å². The summed E-state index contributed by atoms with van der Waals surface area (Å²) in [7, 11) is 1.56. The summed E-state index contributed by atoms with van der Waals surface area (Å²) in [6, 6.07) is 19.9. The van der Waals surface area contributed by atoms with Crippen LogP contribution in [0.15, 0.2) is 66.7 Å². The van der Waals surface area contributed by atoms with Crippen molar-refractivity contribution in [2.24, 2.45) is 0 Å². The number of likely N-dealkylation sites (N-methyl/N-ethyl adjacent to an activating group) is 1. The molecule has 0 radical (unpaired) electrons. The number of carbonyl (C=O) groups is 2. The lowest BCUT2D eigenvalue weighted by molar-refractivity contribution is -0.142. The Kier molecular flexibility index (Phi) is 8.97. The minimum Gasteiger partial charge on any atom is -0.483 e. The van der Waals surface area contributed by atoms with Gasteiger partial charge in [0.15, 0.2) is 6.61 Å². The number of rotatable bonds is 9. The van der Waals surface area contributed by atoms with Gasteiger partial charge in [-0.1, -0.05) is 71.7 Å². The van der Waals surface area contributed by atoms with Crippen LogP contribution in [0.4, 0.5) is 0 Å². The summed E-state index contributed by atoms with van der Waals surface area (Å²) >= 11 is 12.3. The zero-order valence-electron chi connectivity index (χ0n) is 19.5. The van der Waals surface area contributed by atoms with E-state index in [1.807, 2.05) is 62.4 Å². The van der Waals surface area contributed by atoms with Gasteiger partial charge in [0.05, 0.1) is 10.0 Å².